The van der Waals surface area contributed by atoms with Crippen molar-refractivity contribution in [3.8, 4) is 0 Å². The Morgan fingerprint density at radius 1 is 1.00 bits per heavy atom. The molecule has 4 heterocycles. The molecule has 0 unspecified atom stereocenters. The molecule has 3 aromatic rings. The maximum atomic E-state index is 13.5. The number of aromatic amines is 1. The summed E-state index contributed by atoms with van der Waals surface area (Å²) in [5, 5.41) is 0. The van der Waals surface area contributed by atoms with Crippen LogP contribution >= 0.6 is 0 Å². The van der Waals surface area contributed by atoms with Crippen LogP contribution in [0, 0.1) is 6.92 Å². The lowest BCUT2D eigenvalue weighted by Gasteiger charge is -2.42. The summed E-state index contributed by atoms with van der Waals surface area (Å²) < 4.78 is 2.46. The lowest BCUT2D eigenvalue weighted by atomic mass is 9.34. The number of benzene rings is 1. The normalized spacial score (nSPS) is 21.3. The fourth-order valence-corrected chi connectivity index (χ4v) is 5.76. The molecule has 3 nitrogen and oxygen atoms in total. The number of carbonyl (C=O) groups is 1. The first-order valence-corrected chi connectivity index (χ1v) is 11.1. The van der Waals surface area contributed by atoms with Gasteiger partial charge in [0.25, 0.3) is 6.85 Å². The quantitative estimate of drug-likeness (QED) is 0.432. The highest BCUT2D eigenvalue weighted by Crippen LogP contribution is 2.47. The fraction of sp³-hybridized carbons (Fsp3) is 0.400. The minimum atomic E-state index is 0.159. The van der Waals surface area contributed by atoms with Gasteiger partial charge in [-0.2, -0.15) is 0 Å². The molecule has 0 aliphatic carbocycles. The van der Waals surface area contributed by atoms with E-state index in [1.54, 1.807) is 0 Å². The van der Waals surface area contributed by atoms with E-state index >= 15 is 0 Å². The molecule has 0 atom stereocenters. The van der Waals surface area contributed by atoms with Crippen molar-refractivity contribution in [1.82, 2.24) is 9.46 Å². The molecule has 0 saturated carbocycles. The summed E-state index contributed by atoms with van der Waals surface area (Å²) in [6.45, 7) is 2.54. The van der Waals surface area contributed by atoms with E-state index in [-0.39, 0.29) is 5.78 Å². The molecule has 148 valence electrons. The molecule has 2 aliphatic heterocycles. The van der Waals surface area contributed by atoms with Crippen molar-refractivity contribution in [2.24, 2.45) is 0 Å². The number of aryl methyl sites for hydroxylation is 1. The second kappa shape index (κ2) is 7.74. The minimum absolute atomic E-state index is 0.159. The number of hydrogen-bond donors (Lipinski definition) is 1. The van der Waals surface area contributed by atoms with E-state index in [1.807, 2.05) is 30.5 Å². The molecule has 5 rings (SSSR count). The zero-order chi connectivity index (χ0) is 19.8. The molecule has 2 aliphatic rings. The van der Waals surface area contributed by atoms with Crippen molar-refractivity contribution in [2.45, 2.75) is 63.5 Å². The van der Waals surface area contributed by atoms with Gasteiger partial charge in [-0.15, -0.1) is 0 Å². The van der Waals surface area contributed by atoms with Crippen LogP contribution in [0.2, 0.25) is 11.6 Å². The zero-order valence-corrected chi connectivity index (χ0v) is 17.2. The van der Waals surface area contributed by atoms with E-state index in [0.29, 0.717) is 18.5 Å². The Hall–Kier alpha value is -2.49. The lowest BCUT2D eigenvalue weighted by molar-refractivity contribution is 0.103. The molecule has 0 spiro atoms. The second-order valence-electron chi connectivity index (χ2n) is 9.02. The van der Waals surface area contributed by atoms with Crippen LogP contribution < -0.4 is 0 Å². The van der Waals surface area contributed by atoms with E-state index in [0.717, 1.165) is 17.7 Å². The van der Waals surface area contributed by atoms with Gasteiger partial charge in [-0.3, -0.25) is 4.79 Å². The van der Waals surface area contributed by atoms with Crippen molar-refractivity contribution in [2.75, 3.05) is 0 Å². The number of rotatable bonds is 5. The molecule has 2 aromatic heterocycles. The number of H-pyrrole nitrogens is 1. The maximum Gasteiger partial charge on any atom is 0.266 e. The molecule has 1 aromatic carbocycles. The van der Waals surface area contributed by atoms with Crippen molar-refractivity contribution in [3.63, 3.8) is 0 Å². The maximum absolute atomic E-state index is 13.5. The zero-order valence-electron chi connectivity index (χ0n) is 17.2. The van der Waals surface area contributed by atoms with Crippen LogP contribution in [0.1, 0.15) is 71.5 Å². The fourth-order valence-electron chi connectivity index (χ4n) is 5.76. The minimum Gasteiger partial charge on any atom is -0.386 e. The Kier molecular flexibility index (Phi) is 4.95. The van der Waals surface area contributed by atoms with E-state index in [2.05, 4.69) is 40.7 Å². The first kappa shape index (κ1) is 18.5. The van der Waals surface area contributed by atoms with Crippen LogP contribution in [-0.2, 0) is 6.42 Å². The predicted octanol–water partition coefficient (Wildman–Crippen LogP) is 5.89. The molecule has 29 heavy (non-hydrogen) atoms. The number of ketones is 1. The summed E-state index contributed by atoms with van der Waals surface area (Å²) in [5.74, 6) is 1.58. The predicted molar refractivity (Wildman–Crippen MR) is 119 cm³/mol. The number of fused-ring (bicyclic) bond motifs is 2. The molecule has 2 saturated heterocycles. The Labute approximate surface area is 173 Å². The smallest absolute Gasteiger partial charge is 0.266 e. The van der Waals surface area contributed by atoms with E-state index in [1.165, 1.54) is 55.5 Å². The standard InChI is InChI=1S/C25H29BN2O/c1-18-10-12-19(13-11-18)25(29)24-15-14-23(17-22-9-4-16-27-22)28(24)26-20-5-2-6-21(26)8-3-7-20/h4,9-16,20-21,27H,2-3,5-8,17H2,1H3. The summed E-state index contributed by atoms with van der Waals surface area (Å²) in [4.78, 5) is 16.9. The third-order valence-corrected chi connectivity index (χ3v) is 7.15. The van der Waals surface area contributed by atoms with Gasteiger partial charge in [0.05, 0.1) is 5.69 Å². The highest BCUT2D eigenvalue weighted by atomic mass is 16.1. The van der Waals surface area contributed by atoms with Crippen LogP contribution in [-0.4, -0.2) is 22.1 Å². The molecule has 2 bridgehead atoms. The van der Waals surface area contributed by atoms with E-state index < -0.39 is 0 Å². The van der Waals surface area contributed by atoms with Crippen LogP contribution in [0.3, 0.4) is 0 Å². The van der Waals surface area contributed by atoms with Gasteiger partial charge >= 0.3 is 0 Å². The Morgan fingerprint density at radius 2 is 1.69 bits per heavy atom. The molecule has 0 amide bonds. The average molecular weight is 384 g/mol. The molecule has 2 fully saturated rings. The van der Waals surface area contributed by atoms with Gasteiger partial charge in [0.1, 0.15) is 0 Å². The molecule has 4 heteroatoms. The molecular formula is C25H29BN2O. The largest absolute Gasteiger partial charge is 0.386 e. The molecule has 0 radical (unpaired) electrons. The van der Waals surface area contributed by atoms with Gasteiger partial charge in [0, 0.05) is 29.6 Å². The number of aromatic nitrogens is 2. The first-order chi connectivity index (χ1) is 14.2. The number of carbonyl (C=O) groups excluding carboxylic acids is 1. The van der Waals surface area contributed by atoms with Crippen LogP contribution in [0.4, 0.5) is 0 Å². The van der Waals surface area contributed by atoms with Crippen LogP contribution in [0.5, 0.6) is 0 Å². The van der Waals surface area contributed by atoms with Gasteiger partial charge in [-0.25, -0.2) is 0 Å². The Balaban J connectivity index is 1.58. The Morgan fingerprint density at radius 3 is 2.31 bits per heavy atom. The molecular weight excluding hydrogens is 355 g/mol. The van der Waals surface area contributed by atoms with Gasteiger partial charge in [0.2, 0.25) is 5.78 Å². The van der Waals surface area contributed by atoms with Gasteiger partial charge in [-0.1, -0.05) is 68.4 Å². The molecule has 1 N–H and O–H groups in total. The third kappa shape index (κ3) is 3.50. The SMILES string of the molecule is Cc1ccc(C(=O)c2ccc(Cc3ccc[nH]3)n2B2C3CCCC2CCC3)cc1. The number of nitrogens with one attached hydrogen (secondary N) is 1. The van der Waals surface area contributed by atoms with Gasteiger partial charge in [0.15, 0.2) is 0 Å². The van der Waals surface area contributed by atoms with Crippen LogP contribution in [0.25, 0.3) is 0 Å². The summed E-state index contributed by atoms with van der Waals surface area (Å²) in [5.41, 5.74) is 5.33. The number of nitrogens with zero attached hydrogens (tertiary/aromatic N) is 1. The van der Waals surface area contributed by atoms with E-state index in [9.17, 15) is 4.79 Å². The van der Waals surface area contributed by atoms with Gasteiger partial charge < -0.3 is 9.46 Å². The summed E-state index contributed by atoms with van der Waals surface area (Å²) >= 11 is 0. The van der Waals surface area contributed by atoms with Crippen molar-refractivity contribution in [3.05, 3.63) is 82.9 Å². The summed E-state index contributed by atoms with van der Waals surface area (Å²) in [6, 6.07) is 16.5. The van der Waals surface area contributed by atoms with E-state index in [4.69, 9.17) is 0 Å². The van der Waals surface area contributed by atoms with Crippen molar-refractivity contribution >= 4 is 12.6 Å². The number of hydrogen-bond acceptors (Lipinski definition) is 1. The topological polar surface area (TPSA) is 37.8 Å². The first-order valence-electron chi connectivity index (χ1n) is 11.1. The average Bonchev–Trinajstić information content (AvgIpc) is 3.38. The highest BCUT2D eigenvalue weighted by molar-refractivity contribution is 6.61. The third-order valence-electron chi connectivity index (χ3n) is 7.15. The summed E-state index contributed by atoms with van der Waals surface area (Å²) in [6.07, 6.45) is 10.7. The van der Waals surface area contributed by atoms with Gasteiger partial charge in [-0.05, 0) is 42.8 Å². The Bertz CT molecular complexity index is 965. The monoisotopic (exact) mass is 384 g/mol. The second-order valence-corrected chi connectivity index (χ2v) is 9.02. The summed E-state index contributed by atoms with van der Waals surface area (Å²) in [7, 11) is 0. The van der Waals surface area contributed by atoms with Crippen molar-refractivity contribution < 1.29 is 4.79 Å². The highest BCUT2D eigenvalue weighted by Gasteiger charge is 2.43. The van der Waals surface area contributed by atoms with Crippen molar-refractivity contribution in [1.29, 1.82) is 0 Å². The lowest BCUT2D eigenvalue weighted by Crippen LogP contribution is -2.43. The van der Waals surface area contributed by atoms with Crippen LogP contribution in [0.15, 0.2) is 54.7 Å².